The van der Waals surface area contributed by atoms with Crippen molar-refractivity contribution in [2.24, 2.45) is 5.10 Å². The number of benzene rings is 2. The summed E-state index contributed by atoms with van der Waals surface area (Å²) < 4.78 is 5.04. The molecule has 20 heavy (non-hydrogen) atoms. The first-order valence-electron chi connectivity index (χ1n) is 5.95. The van der Waals surface area contributed by atoms with Crippen LogP contribution < -0.4 is 10.2 Å². The number of methoxy groups -OCH3 is 1. The van der Waals surface area contributed by atoms with E-state index in [2.05, 4.69) is 10.5 Å². The molecular weight excluding hydrogens is 256 g/mol. The van der Waals surface area contributed by atoms with Gasteiger partial charge in [-0.3, -0.25) is 4.79 Å². The lowest BCUT2D eigenvalue weighted by Crippen LogP contribution is -2.17. The zero-order chi connectivity index (χ0) is 14.4. The number of carbonyl (C=O) groups is 1. The van der Waals surface area contributed by atoms with Crippen LogP contribution >= 0.6 is 0 Å². The number of amides is 1. The van der Waals surface area contributed by atoms with Crippen molar-refractivity contribution in [3.63, 3.8) is 0 Å². The smallest absolute Gasteiger partial charge is 0.271 e. The van der Waals surface area contributed by atoms with E-state index < -0.39 is 0 Å². The maximum absolute atomic E-state index is 11.7. The van der Waals surface area contributed by atoms with Gasteiger partial charge in [0.15, 0.2) is 0 Å². The van der Waals surface area contributed by atoms with Gasteiger partial charge in [0.25, 0.3) is 5.91 Å². The fourth-order valence-electron chi connectivity index (χ4n) is 1.57. The second kappa shape index (κ2) is 6.38. The number of aromatic hydroxyl groups is 1. The van der Waals surface area contributed by atoms with Crippen molar-refractivity contribution in [2.75, 3.05) is 7.11 Å². The van der Waals surface area contributed by atoms with Gasteiger partial charge in [-0.1, -0.05) is 6.07 Å². The van der Waals surface area contributed by atoms with Crippen LogP contribution in [0.15, 0.2) is 53.6 Å². The molecule has 0 aliphatic rings. The predicted octanol–water partition coefficient (Wildman–Crippen LogP) is 2.16. The molecule has 0 aromatic heterocycles. The van der Waals surface area contributed by atoms with Crippen molar-refractivity contribution < 1.29 is 14.6 Å². The summed E-state index contributed by atoms with van der Waals surface area (Å²) in [6.07, 6.45) is 1.53. The Hall–Kier alpha value is -2.82. The Morgan fingerprint density at radius 1 is 1.25 bits per heavy atom. The first-order valence-corrected chi connectivity index (χ1v) is 5.95. The summed E-state index contributed by atoms with van der Waals surface area (Å²) >= 11 is 0. The number of nitrogens with one attached hydrogen (secondary N) is 1. The van der Waals surface area contributed by atoms with Gasteiger partial charge >= 0.3 is 0 Å². The van der Waals surface area contributed by atoms with Gasteiger partial charge in [0.1, 0.15) is 11.5 Å². The van der Waals surface area contributed by atoms with Crippen molar-refractivity contribution in [3.8, 4) is 11.5 Å². The van der Waals surface area contributed by atoms with Gasteiger partial charge in [-0.15, -0.1) is 0 Å². The number of rotatable bonds is 4. The summed E-state index contributed by atoms with van der Waals surface area (Å²) in [5.74, 6) is 0.411. The molecule has 0 aliphatic carbocycles. The van der Waals surface area contributed by atoms with Crippen LogP contribution in [0.25, 0.3) is 0 Å². The standard InChI is InChI=1S/C15H14N2O3/c1-20-14-7-5-11(6-8-14)10-16-17-15(19)12-3-2-4-13(18)9-12/h2-10,18H,1H3,(H,17,19). The Labute approximate surface area is 116 Å². The largest absolute Gasteiger partial charge is 0.508 e. The van der Waals surface area contributed by atoms with Gasteiger partial charge in [-0.25, -0.2) is 5.43 Å². The van der Waals surface area contributed by atoms with E-state index in [-0.39, 0.29) is 11.7 Å². The zero-order valence-electron chi connectivity index (χ0n) is 10.9. The lowest BCUT2D eigenvalue weighted by molar-refractivity contribution is 0.0954. The van der Waals surface area contributed by atoms with E-state index in [1.54, 1.807) is 31.4 Å². The minimum atomic E-state index is -0.384. The average molecular weight is 270 g/mol. The normalized spacial score (nSPS) is 10.4. The number of phenolic OH excluding ortho intramolecular Hbond substituents is 1. The fraction of sp³-hybridized carbons (Fsp3) is 0.0667. The zero-order valence-corrected chi connectivity index (χ0v) is 10.9. The molecule has 1 amide bonds. The van der Waals surface area contributed by atoms with Crippen molar-refractivity contribution in [1.29, 1.82) is 0 Å². The quantitative estimate of drug-likeness (QED) is 0.660. The summed E-state index contributed by atoms with van der Waals surface area (Å²) in [6.45, 7) is 0. The second-order valence-electron chi connectivity index (χ2n) is 4.02. The number of phenols is 1. The minimum absolute atomic E-state index is 0.0387. The molecule has 2 aromatic rings. The second-order valence-corrected chi connectivity index (χ2v) is 4.02. The molecule has 5 heteroatoms. The maximum Gasteiger partial charge on any atom is 0.271 e. The maximum atomic E-state index is 11.7. The summed E-state index contributed by atoms with van der Waals surface area (Å²) in [4.78, 5) is 11.7. The Balaban J connectivity index is 1.97. The van der Waals surface area contributed by atoms with E-state index >= 15 is 0 Å². The van der Waals surface area contributed by atoms with Gasteiger partial charge in [0, 0.05) is 5.56 Å². The number of hydrogen-bond acceptors (Lipinski definition) is 4. The van der Waals surface area contributed by atoms with Crippen LogP contribution in [0.1, 0.15) is 15.9 Å². The molecule has 2 aromatic carbocycles. The summed E-state index contributed by atoms with van der Waals surface area (Å²) in [7, 11) is 1.60. The van der Waals surface area contributed by atoms with Gasteiger partial charge in [0.2, 0.25) is 0 Å². The SMILES string of the molecule is COc1ccc(C=NNC(=O)c2cccc(O)c2)cc1. The van der Waals surface area contributed by atoms with Crippen LogP contribution in [-0.2, 0) is 0 Å². The van der Waals surface area contributed by atoms with E-state index in [0.717, 1.165) is 11.3 Å². The molecule has 0 saturated heterocycles. The number of nitrogens with zero attached hydrogens (tertiary/aromatic N) is 1. The first-order chi connectivity index (χ1) is 9.69. The lowest BCUT2D eigenvalue weighted by Gasteiger charge is -2.01. The van der Waals surface area contributed by atoms with E-state index in [4.69, 9.17) is 4.74 Å². The topological polar surface area (TPSA) is 70.9 Å². The molecule has 0 aliphatic heterocycles. The molecule has 2 rings (SSSR count). The average Bonchev–Trinajstić information content (AvgIpc) is 2.48. The van der Waals surface area contributed by atoms with E-state index in [0.29, 0.717) is 5.56 Å². The molecule has 0 saturated carbocycles. The molecule has 0 heterocycles. The van der Waals surface area contributed by atoms with Crippen LogP contribution in [0.2, 0.25) is 0 Å². The molecule has 0 atom stereocenters. The van der Waals surface area contributed by atoms with Crippen LogP contribution in [0.4, 0.5) is 0 Å². The number of ether oxygens (including phenoxy) is 1. The predicted molar refractivity (Wildman–Crippen MR) is 76.2 cm³/mol. The fourth-order valence-corrected chi connectivity index (χ4v) is 1.57. The van der Waals surface area contributed by atoms with Gasteiger partial charge in [0.05, 0.1) is 13.3 Å². The molecule has 0 spiro atoms. The number of carbonyl (C=O) groups excluding carboxylic acids is 1. The Morgan fingerprint density at radius 3 is 2.65 bits per heavy atom. The molecule has 2 N–H and O–H groups in total. The highest BCUT2D eigenvalue weighted by atomic mass is 16.5. The minimum Gasteiger partial charge on any atom is -0.508 e. The third-order valence-electron chi connectivity index (χ3n) is 2.60. The Kier molecular flexibility index (Phi) is 4.34. The van der Waals surface area contributed by atoms with Gasteiger partial charge in [-0.05, 0) is 48.0 Å². The van der Waals surface area contributed by atoms with Gasteiger partial charge < -0.3 is 9.84 Å². The van der Waals surface area contributed by atoms with Crippen LogP contribution in [0.3, 0.4) is 0 Å². The molecule has 0 radical (unpaired) electrons. The first kappa shape index (κ1) is 13.6. The van der Waals surface area contributed by atoms with Crippen LogP contribution in [0.5, 0.6) is 11.5 Å². The molecular formula is C15H14N2O3. The third-order valence-corrected chi connectivity index (χ3v) is 2.60. The van der Waals surface area contributed by atoms with Crippen molar-refractivity contribution in [2.45, 2.75) is 0 Å². The van der Waals surface area contributed by atoms with E-state index in [1.165, 1.54) is 18.3 Å². The molecule has 102 valence electrons. The van der Waals surface area contributed by atoms with Crippen molar-refractivity contribution in [3.05, 3.63) is 59.7 Å². The highest BCUT2D eigenvalue weighted by Crippen LogP contribution is 2.11. The summed E-state index contributed by atoms with van der Waals surface area (Å²) in [5, 5.41) is 13.1. The van der Waals surface area contributed by atoms with Crippen LogP contribution in [-0.4, -0.2) is 24.3 Å². The molecule has 0 fully saturated rings. The van der Waals surface area contributed by atoms with Crippen molar-refractivity contribution >= 4 is 12.1 Å². The molecule has 0 bridgehead atoms. The van der Waals surface area contributed by atoms with Crippen molar-refractivity contribution in [1.82, 2.24) is 5.43 Å². The number of hydrogen-bond donors (Lipinski definition) is 2. The highest BCUT2D eigenvalue weighted by Gasteiger charge is 2.03. The third kappa shape index (κ3) is 3.58. The van der Waals surface area contributed by atoms with E-state index in [9.17, 15) is 9.90 Å². The Bertz CT molecular complexity index is 621. The molecule has 5 nitrogen and oxygen atoms in total. The molecule has 0 unspecified atom stereocenters. The summed E-state index contributed by atoms with van der Waals surface area (Å²) in [5.41, 5.74) is 3.57. The van der Waals surface area contributed by atoms with Crippen LogP contribution in [0, 0.1) is 0 Å². The Morgan fingerprint density at radius 2 is 2.00 bits per heavy atom. The summed E-state index contributed by atoms with van der Waals surface area (Å²) in [6, 6.07) is 13.3. The lowest BCUT2D eigenvalue weighted by atomic mass is 10.2. The van der Waals surface area contributed by atoms with E-state index in [1.807, 2.05) is 12.1 Å². The number of hydrazone groups is 1. The monoisotopic (exact) mass is 270 g/mol. The highest BCUT2D eigenvalue weighted by molar-refractivity contribution is 5.95. The van der Waals surface area contributed by atoms with Gasteiger partial charge in [-0.2, -0.15) is 5.10 Å².